The third-order valence-corrected chi connectivity index (χ3v) is 5.89. The van der Waals surface area contributed by atoms with Crippen LogP contribution in [0.5, 0.6) is 5.75 Å². The Morgan fingerprint density at radius 3 is 2.77 bits per heavy atom. The number of benzene rings is 1. The van der Waals surface area contributed by atoms with Gasteiger partial charge in [0.15, 0.2) is 0 Å². The maximum Gasteiger partial charge on any atom is 0.255 e. The van der Waals surface area contributed by atoms with E-state index in [2.05, 4.69) is 26.2 Å². The lowest BCUT2D eigenvalue weighted by Gasteiger charge is -2.32. The Balaban J connectivity index is 1.30. The molecular weight excluding hydrogens is 470 g/mol. The Labute approximate surface area is 190 Å². The van der Waals surface area contributed by atoms with E-state index in [9.17, 15) is 9.59 Å². The first-order valence-electron chi connectivity index (χ1n) is 10.1. The minimum Gasteiger partial charge on any atom is -0.492 e. The van der Waals surface area contributed by atoms with Crippen LogP contribution in [-0.4, -0.2) is 47.9 Å². The van der Waals surface area contributed by atoms with E-state index in [-0.39, 0.29) is 11.8 Å². The smallest absolute Gasteiger partial charge is 0.255 e. The fourth-order valence-corrected chi connectivity index (χ4v) is 4.09. The molecule has 160 valence electrons. The molecule has 2 aromatic rings. The molecule has 30 heavy (non-hydrogen) atoms. The molecule has 0 spiro atoms. The summed E-state index contributed by atoms with van der Waals surface area (Å²) in [7, 11) is 0. The van der Waals surface area contributed by atoms with Crippen molar-refractivity contribution < 1.29 is 14.3 Å². The van der Waals surface area contributed by atoms with Gasteiger partial charge in [0.1, 0.15) is 5.75 Å². The second-order valence-electron chi connectivity index (χ2n) is 7.31. The number of piperidine rings is 1. The summed E-state index contributed by atoms with van der Waals surface area (Å²) >= 11 is 9.46. The van der Waals surface area contributed by atoms with Crippen LogP contribution >= 0.6 is 27.5 Å². The maximum atomic E-state index is 12.5. The first-order valence-corrected chi connectivity index (χ1v) is 11.2. The number of amides is 2. The van der Waals surface area contributed by atoms with Crippen molar-refractivity contribution in [2.45, 2.75) is 25.7 Å². The third-order valence-electron chi connectivity index (χ3n) is 5.10. The highest BCUT2D eigenvalue weighted by molar-refractivity contribution is 9.10. The van der Waals surface area contributed by atoms with Gasteiger partial charge in [0.2, 0.25) is 5.91 Å². The van der Waals surface area contributed by atoms with Gasteiger partial charge in [-0.25, -0.2) is 0 Å². The minimum absolute atomic E-state index is 0.0226. The lowest BCUT2D eigenvalue weighted by molar-refractivity contribution is -0.121. The highest BCUT2D eigenvalue weighted by Gasteiger charge is 2.23. The monoisotopic (exact) mass is 493 g/mol. The van der Waals surface area contributed by atoms with Crippen molar-refractivity contribution in [3.63, 3.8) is 0 Å². The van der Waals surface area contributed by atoms with E-state index < -0.39 is 0 Å². The number of pyridine rings is 1. The van der Waals surface area contributed by atoms with Crippen LogP contribution in [-0.2, 0) is 4.79 Å². The van der Waals surface area contributed by atoms with E-state index in [4.69, 9.17) is 16.3 Å². The van der Waals surface area contributed by atoms with Crippen LogP contribution in [0.25, 0.3) is 0 Å². The first kappa shape index (κ1) is 22.6. The molecule has 0 aliphatic carbocycles. The standard InChI is InChI=1S/C22H25BrClN3O3/c23-18-5-6-20(19(24)13-18)30-12-2-4-21(28)26-14-16-7-10-27(11-8-16)22(29)17-3-1-9-25-15-17/h1,3,5-6,9,13,15-16H,2,4,7-8,10-12,14H2,(H,26,28). The predicted molar refractivity (Wildman–Crippen MR) is 120 cm³/mol. The molecule has 0 saturated carbocycles. The number of carbonyl (C=O) groups excluding carboxylic acids is 2. The molecule has 0 radical (unpaired) electrons. The molecule has 1 saturated heterocycles. The van der Waals surface area contributed by atoms with Gasteiger partial charge in [0.05, 0.1) is 17.2 Å². The molecule has 1 fully saturated rings. The van der Waals surface area contributed by atoms with Crippen molar-refractivity contribution in [2.24, 2.45) is 5.92 Å². The number of rotatable bonds is 8. The van der Waals surface area contributed by atoms with Crippen molar-refractivity contribution in [2.75, 3.05) is 26.2 Å². The fraction of sp³-hybridized carbons (Fsp3) is 0.409. The number of ether oxygens (including phenoxy) is 1. The Bertz CT molecular complexity index is 858. The highest BCUT2D eigenvalue weighted by atomic mass is 79.9. The summed E-state index contributed by atoms with van der Waals surface area (Å²) in [6, 6.07) is 9.00. The molecule has 1 N–H and O–H groups in total. The summed E-state index contributed by atoms with van der Waals surface area (Å²) in [5.41, 5.74) is 0.621. The molecule has 0 unspecified atom stereocenters. The van der Waals surface area contributed by atoms with Crippen LogP contribution in [0.2, 0.25) is 5.02 Å². The van der Waals surface area contributed by atoms with E-state index in [0.717, 1.165) is 17.3 Å². The summed E-state index contributed by atoms with van der Waals surface area (Å²) in [4.78, 5) is 30.4. The average molecular weight is 495 g/mol. The summed E-state index contributed by atoms with van der Waals surface area (Å²) < 4.78 is 6.53. The van der Waals surface area contributed by atoms with Crippen molar-refractivity contribution in [1.29, 1.82) is 0 Å². The van der Waals surface area contributed by atoms with Crippen LogP contribution < -0.4 is 10.1 Å². The van der Waals surface area contributed by atoms with E-state index in [1.807, 2.05) is 11.0 Å². The molecule has 3 rings (SSSR count). The van der Waals surface area contributed by atoms with Gasteiger partial charge in [-0.15, -0.1) is 0 Å². The quantitative estimate of drug-likeness (QED) is 0.555. The molecule has 0 bridgehead atoms. The van der Waals surface area contributed by atoms with Crippen molar-refractivity contribution in [3.05, 3.63) is 57.8 Å². The van der Waals surface area contributed by atoms with E-state index in [0.29, 0.717) is 61.3 Å². The molecule has 0 atom stereocenters. The van der Waals surface area contributed by atoms with Gasteiger partial charge in [0.25, 0.3) is 5.91 Å². The van der Waals surface area contributed by atoms with E-state index >= 15 is 0 Å². The fourth-order valence-electron chi connectivity index (χ4n) is 3.37. The van der Waals surface area contributed by atoms with Crippen molar-refractivity contribution in [3.8, 4) is 5.75 Å². The number of hydrogen-bond acceptors (Lipinski definition) is 4. The van der Waals surface area contributed by atoms with E-state index in [1.165, 1.54) is 0 Å². The summed E-state index contributed by atoms with van der Waals surface area (Å²) in [5.74, 6) is 1.06. The number of hydrogen-bond donors (Lipinski definition) is 1. The molecule has 1 aliphatic heterocycles. The molecule has 2 amide bonds. The molecule has 8 heteroatoms. The van der Waals surface area contributed by atoms with Gasteiger partial charge in [0, 0.05) is 42.9 Å². The molecule has 1 aliphatic rings. The van der Waals surface area contributed by atoms with Crippen LogP contribution in [0.3, 0.4) is 0 Å². The normalized spacial score (nSPS) is 14.4. The lowest BCUT2D eigenvalue weighted by atomic mass is 9.96. The van der Waals surface area contributed by atoms with Gasteiger partial charge < -0.3 is 15.0 Å². The molecular formula is C22H25BrClN3O3. The number of nitrogens with zero attached hydrogens (tertiary/aromatic N) is 2. The minimum atomic E-state index is 0.0226. The number of halogens is 2. The zero-order valence-electron chi connectivity index (χ0n) is 16.7. The van der Waals surface area contributed by atoms with Gasteiger partial charge in [-0.1, -0.05) is 27.5 Å². The Morgan fingerprint density at radius 2 is 2.07 bits per heavy atom. The largest absolute Gasteiger partial charge is 0.492 e. The summed E-state index contributed by atoms with van der Waals surface area (Å²) in [6.07, 6.45) is 6.06. The number of likely N-dealkylation sites (tertiary alicyclic amines) is 1. The van der Waals surface area contributed by atoms with Crippen LogP contribution in [0.1, 0.15) is 36.0 Å². The first-order chi connectivity index (χ1) is 14.5. The zero-order valence-corrected chi connectivity index (χ0v) is 19.0. The summed E-state index contributed by atoms with van der Waals surface area (Å²) in [5, 5.41) is 3.55. The zero-order chi connectivity index (χ0) is 21.3. The Hall–Kier alpha value is -2.12. The maximum absolute atomic E-state index is 12.5. The van der Waals surface area contributed by atoms with Crippen LogP contribution in [0.4, 0.5) is 0 Å². The SMILES string of the molecule is O=C(CCCOc1ccc(Br)cc1Cl)NCC1CCN(C(=O)c2cccnc2)CC1. The third kappa shape index (κ3) is 6.71. The second-order valence-corrected chi connectivity index (χ2v) is 8.63. The van der Waals surface area contributed by atoms with Crippen molar-refractivity contribution >= 4 is 39.3 Å². The van der Waals surface area contributed by atoms with E-state index in [1.54, 1.807) is 36.7 Å². The Kier molecular flexibility index (Phi) is 8.51. The van der Waals surface area contributed by atoms with Gasteiger partial charge in [-0.05, 0) is 55.5 Å². The Morgan fingerprint density at radius 1 is 1.27 bits per heavy atom. The van der Waals surface area contributed by atoms with Crippen LogP contribution in [0.15, 0.2) is 47.2 Å². The van der Waals surface area contributed by atoms with Crippen LogP contribution in [0, 0.1) is 5.92 Å². The van der Waals surface area contributed by atoms with Gasteiger partial charge in [-0.2, -0.15) is 0 Å². The molecule has 1 aromatic heterocycles. The predicted octanol–water partition coefficient (Wildman–Crippen LogP) is 4.33. The molecule has 6 nitrogen and oxygen atoms in total. The summed E-state index contributed by atoms with van der Waals surface area (Å²) in [6.45, 7) is 2.49. The average Bonchev–Trinajstić information content (AvgIpc) is 2.77. The molecule has 1 aromatic carbocycles. The van der Waals surface area contributed by atoms with Gasteiger partial charge >= 0.3 is 0 Å². The number of nitrogens with one attached hydrogen (secondary N) is 1. The number of carbonyl (C=O) groups is 2. The second kappa shape index (κ2) is 11.3. The number of aromatic nitrogens is 1. The highest BCUT2D eigenvalue weighted by Crippen LogP contribution is 2.27. The molecule has 2 heterocycles. The van der Waals surface area contributed by atoms with Crippen molar-refractivity contribution in [1.82, 2.24) is 15.2 Å². The topological polar surface area (TPSA) is 71.5 Å². The van der Waals surface area contributed by atoms with Gasteiger partial charge in [-0.3, -0.25) is 14.6 Å². The lowest BCUT2D eigenvalue weighted by Crippen LogP contribution is -2.41.